The zero-order valence-corrected chi connectivity index (χ0v) is 22.6. The highest BCUT2D eigenvalue weighted by molar-refractivity contribution is 5.95. The molecule has 2 rings (SSSR count). The fourth-order valence-electron chi connectivity index (χ4n) is 4.06. The molecule has 12 N–H and O–H groups in total. The summed E-state index contributed by atoms with van der Waals surface area (Å²) in [6.07, 6.45) is -0.353. The molecule has 228 valence electrons. The van der Waals surface area contributed by atoms with Crippen LogP contribution < -0.4 is 33.2 Å². The Bertz CT molecular complexity index is 1330. The molecule has 0 radical (unpaired) electrons. The molecule has 0 bridgehead atoms. The number of primary amides is 2. The fraction of sp³-hybridized carbons (Fsp3) is 0.423. The van der Waals surface area contributed by atoms with Crippen LogP contribution in [-0.4, -0.2) is 80.8 Å². The van der Waals surface area contributed by atoms with E-state index in [1.54, 1.807) is 30.5 Å². The summed E-state index contributed by atoms with van der Waals surface area (Å²) in [5.74, 6) is -6.85. The van der Waals surface area contributed by atoms with Crippen molar-refractivity contribution < 1.29 is 43.8 Å². The molecule has 0 saturated heterocycles. The lowest BCUT2D eigenvalue weighted by Gasteiger charge is -2.25. The maximum absolute atomic E-state index is 13.3. The van der Waals surface area contributed by atoms with Crippen molar-refractivity contribution in [3.8, 4) is 0 Å². The minimum Gasteiger partial charge on any atom is -0.481 e. The summed E-state index contributed by atoms with van der Waals surface area (Å²) in [4.78, 5) is 87.4. The number of hydrogen-bond acceptors (Lipinski definition) is 8. The van der Waals surface area contributed by atoms with Gasteiger partial charge in [0, 0.05) is 42.8 Å². The van der Waals surface area contributed by atoms with E-state index in [1.165, 1.54) is 0 Å². The molecule has 16 nitrogen and oxygen atoms in total. The summed E-state index contributed by atoms with van der Waals surface area (Å²) in [5, 5.41) is 26.5. The van der Waals surface area contributed by atoms with Crippen molar-refractivity contribution in [1.29, 1.82) is 0 Å². The maximum atomic E-state index is 13.3. The molecule has 0 spiro atoms. The number of rotatable bonds is 18. The third-order valence-electron chi connectivity index (χ3n) is 6.34. The van der Waals surface area contributed by atoms with Crippen molar-refractivity contribution in [3.05, 3.63) is 36.0 Å². The maximum Gasteiger partial charge on any atom is 0.326 e. The van der Waals surface area contributed by atoms with Crippen molar-refractivity contribution in [2.45, 2.75) is 69.1 Å². The summed E-state index contributed by atoms with van der Waals surface area (Å²) < 4.78 is 0. The Morgan fingerprint density at radius 1 is 0.738 bits per heavy atom. The lowest BCUT2D eigenvalue weighted by Crippen LogP contribution is -2.57. The number of H-pyrrole nitrogens is 1. The highest BCUT2D eigenvalue weighted by atomic mass is 16.4. The third-order valence-corrected chi connectivity index (χ3v) is 6.34. The first kappa shape index (κ1) is 33.2. The zero-order chi connectivity index (χ0) is 31.4. The van der Waals surface area contributed by atoms with E-state index in [9.17, 15) is 38.7 Å². The second-order valence-corrected chi connectivity index (χ2v) is 9.63. The lowest BCUT2D eigenvalue weighted by molar-refractivity contribution is -0.142. The van der Waals surface area contributed by atoms with Gasteiger partial charge in [-0.15, -0.1) is 0 Å². The van der Waals surface area contributed by atoms with E-state index in [4.69, 9.17) is 22.3 Å². The number of hydrogen-bond donors (Lipinski definition) is 9. The fourth-order valence-corrected chi connectivity index (χ4v) is 4.06. The Morgan fingerprint density at radius 3 is 1.90 bits per heavy atom. The average molecular weight is 590 g/mol. The first-order valence-corrected chi connectivity index (χ1v) is 13.0. The number of amides is 5. The SMILES string of the molecule is NC(=O)CCC(N)C(=O)NC(CCC(=O)O)C(=O)NC(Cc1c[nH]c2ccccc12)C(=O)NC(CCC(N)=O)C(=O)O. The van der Waals surface area contributed by atoms with Crippen LogP contribution in [0.15, 0.2) is 30.5 Å². The molecule has 0 aliphatic heterocycles. The Hall–Kier alpha value is -4.99. The second-order valence-electron chi connectivity index (χ2n) is 9.63. The number of aromatic nitrogens is 1. The van der Waals surface area contributed by atoms with Crippen LogP contribution in [0.4, 0.5) is 0 Å². The van der Waals surface area contributed by atoms with Gasteiger partial charge in [-0.1, -0.05) is 18.2 Å². The number of para-hydroxylation sites is 1. The molecule has 4 atom stereocenters. The summed E-state index contributed by atoms with van der Waals surface area (Å²) >= 11 is 0. The molecule has 0 saturated carbocycles. The van der Waals surface area contributed by atoms with E-state index < -0.39 is 72.1 Å². The van der Waals surface area contributed by atoms with Gasteiger partial charge in [-0.05, 0) is 30.9 Å². The summed E-state index contributed by atoms with van der Waals surface area (Å²) in [6, 6.07) is 1.54. The molecule has 1 heterocycles. The smallest absolute Gasteiger partial charge is 0.326 e. The Balaban J connectivity index is 2.32. The molecule has 2 aromatic rings. The minimum atomic E-state index is -1.50. The van der Waals surface area contributed by atoms with Crippen molar-refractivity contribution in [2.75, 3.05) is 0 Å². The molecular weight excluding hydrogens is 554 g/mol. The molecule has 0 fully saturated rings. The molecule has 4 unspecified atom stereocenters. The van der Waals surface area contributed by atoms with Gasteiger partial charge in [0.25, 0.3) is 0 Å². The number of benzene rings is 1. The largest absolute Gasteiger partial charge is 0.481 e. The van der Waals surface area contributed by atoms with Crippen LogP contribution in [0.5, 0.6) is 0 Å². The van der Waals surface area contributed by atoms with Gasteiger partial charge in [-0.3, -0.25) is 28.8 Å². The van der Waals surface area contributed by atoms with Crippen molar-refractivity contribution in [1.82, 2.24) is 20.9 Å². The summed E-state index contributed by atoms with van der Waals surface area (Å²) in [7, 11) is 0. The van der Waals surface area contributed by atoms with Crippen LogP contribution in [0.3, 0.4) is 0 Å². The van der Waals surface area contributed by atoms with E-state index >= 15 is 0 Å². The monoisotopic (exact) mass is 589 g/mol. The Labute approximate surface area is 239 Å². The molecule has 5 amide bonds. The molecule has 0 aliphatic carbocycles. The standard InChI is InChI=1S/C26H35N7O9/c27-15(5-8-20(28)34)23(38)31-17(7-10-22(36)37)24(39)33-19(11-13-12-30-16-4-2-1-3-14(13)16)25(40)32-18(26(41)42)6-9-21(29)35/h1-4,12,15,17-19,30H,5-11,27H2,(H2,28,34)(H2,29,35)(H,31,38)(H,32,40)(H,33,39)(H,36,37)(H,41,42). The quantitative estimate of drug-likeness (QED) is 0.0918. The predicted molar refractivity (Wildman–Crippen MR) is 147 cm³/mol. The first-order valence-electron chi connectivity index (χ1n) is 13.0. The van der Waals surface area contributed by atoms with Gasteiger partial charge in [0.15, 0.2) is 0 Å². The topological polar surface area (TPSA) is 290 Å². The first-order chi connectivity index (χ1) is 19.8. The number of aliphatic carboxylic acids is 2. The van der Waals surface area contributed by atoms with E-state index in [0.717, 1.165) is 10.9 Å². The second kappa shape index (κ2) is 15.7. The number of aromatic amines is 1. The van der Waals surface area contributed by atoms with Crippen molar-refractivity contribution in [2.24, 2.45) is 17.2 Å². The normalized spacial score (nSPS) is 13.7. The van der Waals surface area contributed by atoms with Crippen LogP contribution in [0.25, 0.3) is 10.9 Å². The van der Waals surface area contributed by atoms with Gasteiger partial charge in [0.2, 0.25) is 29.5 Å². The average Bonchev–Trinajstić information content (AvgIpc) is 3.33. The van der Waals surface area contributed by atoms with E-state index in [-0.39, 0.29) is 38.5 Å². The number of nitrogens with two attached hydrogens (primary N) is 3. The Kier molecular flexibility index (Phi) is 12.4. The molecule has 1 aromatic heterocycles. The number of carbonyl (C=O) groups is 7. The van der Waals surface area contributed by atoms with E-state index in [2.05, 4.69) is 20.9 Å². The van der Waals surface area contributed by atoms with Crippen LogP contribution in [0, 0.1) is 0 Å². The van der Waals surface area contributed by atoms with E-state index in [0.29, 0.717) is 5.56 Å². The number of carbonyl (C=O) groups excluding carboxylic acids is 5. The highest BCUT2D eigenvalue weighted by Crippen LogP contribution is 2.19. The molecule has 42 heavy (non-hydrogen) atoms. The van der Waals surface area contributed by atoms with Gasteiger partial charge in [-0.25, -0.2) is 4.79 Å². The van der Waals surface area contributed by atoms with Crippen LogP contribution >= 0.6 is 0 Å². The molecule has 0 aliphatic rings. The van der Waals surface area contributed by atoms with Crippen molar-refractivity contribution in [3.63, 3.8) is 0 Å². The number of nitrogens with one attached hydrogen (secondary N) is 4. The number of carboxylic acids is 2. The van der Waals surface area contributed by atoms with Gasteiger partial charge in [0.1, 0.15) is 18.1 Å². The third kappa shape index (κ3) is 10.5. The summed E-state index contributed by atoms with van der Waals surface area (Å²) in [5.41, 5.74) is 17.3. The van der Waals surface area contributed by atoms with Crippen LogP contribution in [0.2, 0.25) is 0 Å². The molecular formula is C26H35N7O9. The Morgan fingerprint density at radius 2 is 1.29 bits per heavy atom. The van der Waals surface area contributed by atoms with Crippen molar-refractivity contribution >= 4 is 52.4 Å². The number of fused-ring (bicyclic) bond motifs is 1. The van der Waals surface area contributed by atoms with Gasteiger partial charge in [0.05, 0.1) is 6.04 Å². The van der Waals surface area contributed by atoms with Gasteiger partial charge in [-0.2, -0.15) is 0 Å². The van der Waals surface area contributed by atoms with Crippen LogP contribution in [-0.2, 0) is 40.0 Å². The molecule has 16 heteroatoms. The van der Waals surface area contributed by atoms with Gasteiger partial charge < -0.3 is 48.3 Å². The number of carboxylic acid groups (broad SMARTS) is 2. The zero-order valence-electron chi connectivity index (χ0n) is 22.6. The predicted octanol–water partition coefficient (Wildman–Crippen LogP) is -2.03. The van der Waals surface area contributed by atoms with Crippen LogP contribution in [0.1, 0.15) is 44.1 Å². The highest BCUT2D eigenvalue weighted by Gasteiger charge is 2.31. The van der Waals surface area contributed by atoms with E-state index in [1.807, 2.05) is 0 Å². The molecule has 1 aromatic carbocycles. The lowest BCUT2D eigenvalue weighted by atomic mass is 10.0. The van der Waals surface area contributed by atoms with Gasteiger partial charge >= 0.3 is 11.9 Å². The summed E-state index contributed by atoms with van der Waals surface area (Å²) in [6.45, 7) is 0. The minimum absolute atomic E-state index is 0.123.